The van der Waals surface area contributed by atoms with Crippen molar-refractivity contribution in [1.82, 2.24) is 24.4 Å². The predicted octanol–water partition coefficient (Wildman–Crippen LogP) is 2.04. The Hall–Kier alpha value is -2.15. The van der Waals surface area contributed by atoms with Crippen LogP contribution in [-0.2, 0) is 0 Å². The average molecular weight is 262 g/mol. The third kappa shape index (κ3) is 1.51. The number of carboxylic acid groups (broad SMARTS) is 1. The van der Waals surface area contributed by atoms with Gasteiger partial charge in [0.25, 0.3) is 0 Å². The number of aromatic amines is 2. The number of amides is 1. The fourth-order valence-electron chi connectivity index (χ4n) is 3.13. The van der Waals surface area contributed by atoms with Crippen molar-refractivity contribution in [2.24, 2.45) is 0 Å². The van der Waals surface area contributed by atoms with Gasteiger partial charge in [0, 0.05) is 31.4 Å². The highest BCUT2D eigenvalue weighted by Crippen LogP contribution is 2.44. The molecule has 3 N–H and O–H groups in total. The Morgan fingerprint density at radius 1 is 1.32 bits per heavy atom. The maximum absolute atomic E-state index is 12.0. The summed E-state index contributed by atoms with van der Waals surface area (Å²) < 4.78 is -0.222. The molecule has 1 fully saturated rings. The van der Waals surface area contributed by atoms with Crippen LogP contribution in [0, 0.1) is 0 Å². The molecular weight excluding hydrogens is 246 g/mol. The fourth-order valence-corrected chi connectivity index (χ4v) is 3.13. The molecule has 7 nitrogen and oxygen atoms in total. The number of quaternary nitrogens is 1. The van der Waals surface area contributed by atoms with E-state index >= 15 is 0 Å². The van der Waals surface area contributed by atoms with Gasteiger partial charge in [-0.1, -0.05) is 0 Å². The van der Waals surface area contributed by atoms with Crippen LogP contribution in [0.25, 0.3) is 0 Å². The summed E-state index contributed by atoms with van der Waals surface area (Å²) in [5.41, 5.74) is 0. The van der Waals surface area contributed by atoms with E-state index in [4.69, 9.17) is 0 Å². The number of nitrogens with zero attached hydrogens (tertiary/aromatic N) is 3. The molecule has 3 unspecified atom stereocenters. The van der Waals surface area contributed by atoms with E-state index in [9.17, 15) is 9.90 Å². The zero-order valence-corrected chi connectivity index (χ0v) is 10.6. The summed E-state index contributed by atoms with van der Waals surface area (Å²) in [5.74, 6) is 1.15. The molecule has 19 heavy (non-hydrogen) atoms. The van der Waals surface area contributed by atoms with Gasteiger partial charge in [-0.05, 0) is 6.92 Å². The first kappa shape index (κ1) is 11.9. The lowest BCUT2D eigenvalue weighted by Gasteiger charge is -2.33. The molecule has 0 radical (unpaired) electrons. The minimum absolute atomic E-state index is 0.0567. The Morgan fingerprint density at radius 2 is 2.05 bits per heavy atom. The van der Waals surface area contributed by atoms with Crippen LogP contribution in [0.15, 0.2) is 24.8 Å². The molecule has 100 valence electrons. The predicted molar refractivity (Wildman–Crippen MR) is 68.4 cm³/mol. The van der Waals surface area contributed by atoms with Gasteiger partial charge in [0.1, 0.15) is 6.04 Å². The first-order chi connectivity index (χ1) is 9.17. The van der Waals surface area contributed by atoms with Gasteiger partial charge >= 0.3 is 12.0 Å². The number of hydrogen-bond acceptors (Lipinski definition) is 3. The monoisotopic (exact) mass is 262 g/mol. The van der Waals surface area contributed by atoms with E-state index in [1.54, 1.807) is 24.8 Å². The molecule has 1 aliphatic rings. The van der Waals surface area contributed by atoms with Crippen LogP contribution in [0.3, 0.4) is 0 Å². The second-order valence-electron chi connectivity index (χ2n) is 4.89. The first-order valence-electron chi connectivity index (χ1n) is 6.28. The molecule has 3 rings (SSSR count). The molecule has 0 bridgehead atoms. The van der Waals surface area contributed by atoms with Gasteiger partial charge in [-0.15, -0.1) is 4.48 Å². The Labute approximate surface area is 109 Å². The molecule has 3 heterocycles. The van der Waals surface area contributed by atoms with Crippen molar-refractivity contribution in [2.45, 2.75) is 31.8 Å². The van der Waals surface area contributed by atoms with Crippen LogP contribution < -0.4 is 4.48 Å². The highest BCUT2D eigenvalue weighted by molar-refractivity contribution is 5.80. The Kier molecular flexibility index (Phi) is 2.63. The smallest absolute Gasteiger partial charge is 0.435 e. The van der Waals surface area contributed by atoms with Gasteiger partial charge in [-0.25, -0.2) is 4.98 Å². The van der Waals surface area contributed by atoms with Gasteiger partial charge in [0.05, 0.1) is 6.20 Å². The third-order valence-corrected chi connectivity index (χ3v) is 4.03. The van der Waals surface area contributed by atoms with Crippen LogP contribution in [0.5, 0.6) is 0 Å². The third-order valence-electron chi connectivity index (χ3n) is 4.03. The lowest BCUT2D eigenvalue weighted by molar-refractivity contribution is 0.121. The highest BCUT2D eigenvalue weighted by atomic mass is 16.4. The summed E-state index contributed by atoms with van der Waals surface area (Å²) >= 11 is 0. The number of rotatable bonds is 2. The van der Waals surface area contributed by atoms with Gasteiger partial charge in [-0.2, -0.15) is 9.78 Å². The van der Waals surface area contributed by atoms with E-state index < -0.39 is 6.09 Å². The molecule has 1 saturated heterocycles. The lowest BCUT2D eigenvalue weighted by atomic mass is 10.2. The van der Waals surface area contributed by atoms with Crippen molar-refractivity contribution in [3.8, 4) is 0 Å². The van der Waals surface area contributed by atoms with Crippen molar-refractivity contribution >= 4 is 12.0 Å². The van der Waals surface area contributed by atoms with Gasteiger partial charge in [-0.3, -0.25) is 4.98 Å². The maximum Gasteiger partial charge on any atom is 0.522 e. The second-order valence-corrected chi connectivity index (χ2v) is 4.89. The second kappa shape index (κ2) is 4.20. The van der Waals surface area contributed by atoms with Crippen LogP contribution >= 0.6 is 0 Å². The summed E-state index contributed by atoms with van der Waals surface area (Å²) in [5, 5.41) is 9.85. The molecule has 1 amide bonds. The maximum atomic E-state index is 12.0. The zero-order chi connectivity index (χ0) is 13.5. The minimum atomic E-state index is -0.902. The molecule has 7 heteroatoms. The van der Waals surface area contributed by atoms with Crippen LogP contribution in [0.2, 0.25) is 0 Å². The van der Waals surface area contributed by atoms with Crippen molar-refractivity contribution in [2.75, 3.05) is 0 Å². The largest absolute Gasteiger partial charge is 0.522 e. The number of likely N-dealkylation sites (tertiary alicyclic amines) is 1. The van der Waals surface area contributed by atoms with E-state index in [1.807, 2.05) is 6.92 Å². The highest BCUT2D eigenvalue weighted by Gasteiger charge is 2.59. The standard InChI is InChI=1S/C12H15N5O2/c1-8-2-3-9(10-13-4-5-14-10)17(8,12(18)19)11-15-6-7-16-11/h4-9H,2-3H2,1H3,(H2-,13,14,15,16,18,19)/p+1. The van der Waals surface area contributed by atoms with E-state index in [-0.39, 0.29) is 16.6 Å². The lowest BCUT2D eigenvalue weighted by Crippen LogP contribution is -2.58. The van der Waals surface area contributed by atoms with E-state index in [0.717, 1.165) is 12.8 Å². The Bertz CT molecular complexity index is 565. The Morgan fingerprint density at radius 3 is 2.63 bits per heavy atom. The Balaban J connectivity index is 2.17. The van der Waals surface area contributed by atoms with Crippen LogP contribution in [0.4, 0.5) is 10.7 Å². The number of carbonyl (C=O) groups is 1. The average Bonchev–Trinajstić information content (AvgIpc) is 3.08. The van der Waals surface area contributed by atoms with E-state index in [2.05, 4.69) is 19.9 Å². The molecule has 2 aromatic heterocycles. The van der Waals surface area contributed by atoms with Crippen molar-refractivity contribution in [3.63, 3.8) is 0 Å². The van der Waals surface area contributed by atoms with Crippen molar-refractivity contribution < 1.29 is 9.90 Å². The summed E-state index contributed by atoms with van der Waals surface area (Å²) in [4.78, 5) is 26.5. The first-order valence-corrected chi connectivity index (χ1v) is 6.28. The van der Waals surface area contributed by atoms with Gasteiger partial charge in [0.2, 0.25) is 0 Å². The fraction of sp³-hybridized carbons (Fsp3) is 0.417. The number of aromatic nitrogens is 4. The summed E-state index contributed by atoms with van der Waals surface area (Å²) in [6, 6.07) is -0.299. The SMILES string of the molecule is CC1CCC(c2ncc[nH]2)[N+]1(C(=O)O)c1ncc[nH]1. The molecule has 0 spiro atoms. The normalized spacial score (nSPS) is 30.6. The number of H-pyrrole nitrogens is 2. The molecule has 0 aliphatic carbocycles. The van der Waals surface area contributed by atoms with E-state index in [0.29, 0.717) is 11.8 Å². The summed E-state index contributed by atoms with van der Waals surface area (Å²) in [7, 11) is 0. The molecule has 0 saturated carbocycles. The quantitative estimate of drug-likeness (QED) is 0.722. The summed E-state index contributed by atoms with van der Waals surface area (Å²) in [6.07, 6.45) is 7.29. The molecule has 3 atom stereocenters. The van der Waals surface area contributed by atoms with Gasteiger partial charge < -0.3 is 10.1 Å². The molecule has 0 aromatic carbocycles. The minimum Gasteiger partial charge on any atom is -0.435 e. The molecule has 2 aromatic rings. The van der Waals surface area contributed by atoms with Crippen molar-refractivity contribution in [3.05, 3.63) is 30.6 Å². The molecular formula is C12H16N5O2+. The topological polar surface area (TPSA) is 94.7 Å². The van der Waals surface area contributed by atoms with Crippen LogP contribution in [-0.4, -0.2) is 37.2 Å². The van der Waals surface area contributed by atoms with Crippen molar-refractivity contribution in [1.29, 1.82) is 0 Å². The number of hydrogen-bond donors (Lipinski definition) is 3. The summed E-state index contributed by atoms with van der Waals surface area (Å²) in [6.45, 7) is 1.94. The zero-order valence-electron chi connectivity index (χ0n) is 10.6. The number of imidazole rings is 2. The number of nitrogens with one attached hydrogen (secondary N) is 2. The van der Waals surface area contributed by atoms with Crippen LogP contribution in [0.1, 0.15) is 31.6 Å². The van der Waals surface area contributed by atoms with Gasteiger partial charge in [0.15, 0.2) is 11.9 Å². The van der Waals surface area contributed by atoms with E-state index in [1.165, 1.54) is 0 Å². The molecule has 1 aliphatic heterocycles.